The molecule has 1 spiro atoms. The number of phenolic OH excluding ortho intramolecular Hbond substituents is 2. The van der Waals surface area contributed by atoms with Gasteiger partial charge in [0.25, 0.3) is 0 Å². The highest BCUT2D eigenvalue weighted by molar-refractivity contribution is 6.35. The summed E-state index contributed by atoms with van der Waals surface area (Å²) in [4.78, 5) is 41.8. The molecule has 0 aromatic heterocycles. The smallest absolute Gasteiger partial charge is 0.250 e. The molecule has 2 aromatic carbocycles. The second-order valence-corrected chi connectivity index (χ2v) is 9.29. The van der Waals surface area contributed by atoms with Crippen LogP contribution < -0.4 is 10.6 Å². The first-order chi connectivity index (χ1) is 16.3. The Balaban J connectivity index is 1.58. The van der Waals surface area contributed by atoms with Gasteiger partial charge in [-0.3, -0.25) is 24.6 Å². The molecular weight excluding hydrogens is 462 g/mol. The van der Waals surface area contributed by atoms with E-state index >= 15 is 0 Å². The number of carbonyl (C=O) groups is 3. The molecule has 0 radical (unpaired) electrons. The number of aromatic hydroxyl groups is 2. The molecule has 4 N–H and O–H groups in total. The number of nitrogens with one attached hydrogen (secondary N) is 2. The van der Waals surface area contributed by atoms with Crippen molar-refractivity contribution in [3.8, 4) is 11.5 Å². The van der Waals surface area contributed by atoms with E-state index < -0.39 is 35.2 Å². The minimum Gasteiger partial charge on any atom is -0.504 e. The molecule has 2 saturated heterocycles. The predicted molar refractivity (Wildman–Crippen MR) is 122 cm³/mol. The first-order valence-electron chi connectivity index (χ1n) is 11.0. The molecule has 3 aliphatic rings. The van der Waals surface area contributed by atoms with Gasteiger partial charge in [-0.1, -0.05) is 29.8 Å². The van der Waals surface area contributed by atoms with Crippen LogP contribution in [0, 0.1) is 11.8 Å². The van der Waals surface area contributed by atoms with Gasteiger partial charge in [0.1, 0.15) is 5.54 Å². The van der Waals surface area contributed by atoms with Crippen molar-refractivity contribution in [2.75, 3.05) is 25.6 Å². The zero-order valence-electron chi connectivity index (χ0n) is 18.4. The number of amides is 3. The van der Waals surface area contributed by atoms with Crippen molar-refractivity contribution in [1.82, 2.24) is 10.2 Å². The maximum atomic E-state index is 13.6. The molecule has 4 atom stereocenters. The first kappa shape index (κ1) is 22.6. The van der Waals surface area contributed by atoms with Crippen LogP contribution in [0.4, 0.5) is 5.69 Å². The fraction of sp³-hybridized carbons (Fsp3) is 0.375. The fourth-order valence-corrected chi connectivity index (χ4v) is 5.79. The van der Waals surface area contributed by atoms with E-state index in [1.165, 1.54) is 17.0 Å². The van der Waals surface area contributed by atoms with E-state index in [4.69, 9.17) is 16.3 Å². The van der Waals surface area contributed by atoms with Gasteiger partial charge >= 0.3 is 0 Å². The van der Waals surface area contributed by atoms with Crippen LogP contribution in [0.25, 0.3) is 0 Å². The number of halogens is 1. The topological polar surface area (TPSA) is 128 Å². The van der Waals surface area contributed by atoms with Crippen molar-refractivity contribution in [1.29, 1.82) is 0 Å². The number of benzene rings is 2. The number of fused-ring (bicyclic) bond motifs is 4. The van der Waals surface area contributed by atoms with Gasteiger partial charge in [-0.15, -0.1) is 0 Å². The summed E-state index contributed by atoms with van der Waals surface area (Å²) in [5.41, 5.74) is 0.167. The number of likely N-dealkylation sites (tertiary alicyclic amines) is 1. The molecule has 10 heteroatoms. The third kappa shape index (κ3) is 3.19. The number of carbonyl (C=O) groups excluding carboxylic acids is 3. The second kappa shape index (κ2) is 8.26. The Morgan fingerprint density at radius 2 is 1.91 bits per heavy atom. The summed E-state index contributed by atoms with van der Waals surface area (Å²) in [5.74, 6) is -3.45. The zero-order chi connectivity index (χ0) is 24.2. The Morgan fingerprint density at radius 1 is 1.12 bits per heavy atom. The van der Waals surface area contributed by atoms with Gasteiger partial charge in [-0.2, -0.15) is 0 Å². The van der Waals surface area contributed by atoms with Crippen LogP contribution in [0.2, 0.25) is 5.02 Å². The third-order valence-corrected chi connectivity index (χ3v) is 7.33. The van der Waals surface area contributed by atoms with Crippen molar-refractivity contribution in [2.45, 2.75) is 24.4 Å². The highest BCUT2D eigenvalue weighted by Crippen LogP contribution is 2.54. The highest BCUT2D eigenvalue weighted by Gasteiger charge is 2.70. The normalized spacial score (nSPS) is 27.4. The highest BCUT2D eigenvalue weighted by atomic mass is 35.5. The van der Waals surface area contributed by atoms with E-state index in [0.717, 1.165) is 0 Å². The minimum atomic E-state index is -1.45. The monoisotopic (exact) mass is 485 g/mol. The summed E-state index contributed by atoms with van der Waals surface area (Å²) in [7, 11) is 1.55. The molecule has 3 amide bonds. The number of nitrogens with zero attached hydrogens (tertiary/aromatic N) is 1. The van der Waals surface area contributed by atoms with E-state index in [9.17, 15) is 24.6 Å². The molecule has 9 nitrogen and oxygen atoms in total. The summed E-state index contributed by atoms with van der Waals surface area (Å²) in [6.07, 6.45) is 0.740. The van der Waals surface area contributed by atoms with E-state index in [1.54, 1.807) is 31.4 Å². The van der Waals surface area contributed by atoms with Crippen LogP contribution in [-0.2, 0) is 31.1 Å². The van der Waals surface area contributed by atoms with Crippen LogP contribution in [-0.4, -0.2) is 59.1 Å². The van der Waals surface area contributed by atoms with Gasteiger partial charge in [-0.25, -0.2) is 0 Å². The lowest BCUT2D eigenvalue weighted by molar-refractivity contribution is -0.143. The van der Waals surface area contributed by atoms with Crippen LogP contribution in [0.1, 0.15) is 17.5 Å². The van der Waals surface area contributed by atoms with Crippen LogP contribution in [0.3, 0.4) is 0 Å². The maximum absolute atomic E-state index is 13.6. The van der Waals surface area contributed by atoms with E-state index in [0.29, 0.717) is 34.9 Å². The van der Waals surface area contributed by atoms with Crippen molar-refractivity contribution >= 4 is 35.0 Å². The zero-order valence-corrected chi connectivity index (χ0v) is 19.1. The van der Waals surface area contributed by atoms with Gasteiger partial charge in [0.05, 0.1) is 22.5 Å². The van der Waals surface area contributed by atoms with Gasteiger partial charge in [0.15, 0.2) is 11.5 Å². The number of hydrogen-bond donors (Lipinski definition) is 4. The quantitative estimate of drug-likeness (QED) is 0.279. The van der Waals surface area contributed by atoms with Gasteiger partial charge in [-0.05, 0) is 36.6 Å². The average molecular weight is 486 g/mol. The van der Waals surface area contributed by atoms with Gasteiger partial charge in [0.2, 0.25) is 17.7 Å². The molecule has 3 aliphatic heterocycles. The fourth-order valence-electron chi connectivity index (χ4n) is 5.57. The Hall–Kier alpha value is -3.14. The Morgan fingerprint density at radius 3 is 2.65 bits per heavy atom. The van der Waals surface area contributed by atoms with Crippen LogP contribution >= 0.6 is 11.6 Å². The lowest BCUT2D eigenvalue weighted by Gasteiger charge is -2.29. The Bertz CT molecular complexity index is 1200. The predicted octanol–water partition coefficient (Wildman–Crippen LogP) is 1.75. The Labute approximate surface area is 200 Å². The van der Waals surface area contributed by atoms with Crippen LogP contribution in [0.5, 0.6) is 11.5 Å². The van der Waals surface area contributed by atoms with E-state index in [-0.39, 0.29) is 30.4 Å². The number of para-hydroxylation sites is 1. The van der Waals surface area contributed by atoms with E-state index in [1.807, 2.05) is 0 Å². The Kier molecular flexibility index (Phi) is 5.50. The average Bonchev–Trinajstić information content (AvgIpc) is 3.38. The molecule has 2 fully saturated rings. The molecule has 5 rings (SSSR count). The lowest BCUT2D eigenvalue weighted by Crippen LogP contribution is -2.53. The number of phenols is 2. The number of ether oxygens (including phenoxy) is 1. The molecule has 178 valence electrons. The van der Waals surface area contributed by atoms with Crippen molar-refractivity contribution in [3.05, 3.63) is 52.5 Å². The molecule has 0 unspecified atom stereocenters. The largest absolute Gasteiger partial charge is 0.504 e. The molecule has 34 heavy (non-hydrogen) atoms. The summed E-state index contributed by atoms with van der Waals surface area (Å²) in [6, 6.07) is 8.94. The number of anilines is 1. The third-order valence-electron chi connectivity index (χ3n) is 7.02. The summed E-state index contributed by atoms with van der Waals surface area (Å²) < 4.78 is 5.07. The second-order valence-electron chi connectivity index (χ2n) is 8.88. The van der Waals surface area contributed by atoms with Gasteiger partial charge in [0, 0.05) is 31.9 Å². The summed E-state index contributed by atoms with van der Waals surface area (Å²) >= 11 is 6.35. The number of methoxy groups -OCH3 is 1. The molecule has 0 bridgehead atoms. The lowest BCUT2D eigenvalue weighted by atomic mass is 9.76. The standard InChI is InChI=1S/C24H24ClN3O6/c1-34-9-3-8-28-21(31)18-15(10-12-6-7-16(29)17(30)11-12)27-24(19(18)22(28)32)13-4-2-5-14(25)20(13)26-23(24)33/h2,4-7,11,15,18-19,27,29-30H,3,8-10H2,1H3,(H,26,33)/t15-,18+,19+,24-/m1/s1. The summed E-state index contributed by atoms with van der Waals surface area (Å²) in [6.45, 7) is 0.594. The van der Waals surface area contributed by atoms with Crippen molar-refractivity contribution < 1.29 is 29.3 Å². The molecular formula is C24H24ClN3O6. The number of imide groups is 1. The number of rotatable bonds is 6. The van der Waals surface area contributed by atoms with Crippen molar-refractivity contribution in [2.24, 2.45) is 11.8 Å². The first-order valence-corrected chi connectivity index (χ1v) is 11.4. The van der Waals surface area contributed by atoms with E-state index in [2.05, 4.69) is 10.6 Å². The molecule has 2 aromatic rings. The minimum absolute atomic E-state index is 0.200. The van der Waals surface area contributed by atoms with Crippen molar-refractivity contribution in [3.63, 3.8) is 0 Å². The molecule has 3 heterocycles. The van der Waals surface area contributed by atoms with Crippen LogP contribution in [0.15, 0.2) is 36.4 Å². The molecule has 0 aliphatic carbocycles. The maximum Gasteiger partial charge on any atom is 0.250 e. The molecule has 0 saturated carbocycles. The SMILES string of the molecule is COCCCN1C(=O)[C@@H]2[C@@H](C1=O)[C@@]1(N[C@@H]2Cc2ccc(O)c(O)c2)C(=O)Nc2c(Cl)cccc21. The van der Waals surface area contributed by atoms with Gasteiger partial charge < -0.3 is 20.3 Å². The summed E-state index contributed by atoms with van der Waals surface area (Å²) in [5, 5.41) is 26.1. The number of hydrogen-bond acceptors (Lipinski definition) is 7.